The van der Waals surface area contributed by atoms with Crippen molar-refractivity contribution in [3.8, 4) is 11.5 Å². The fraction of sp³-hybridized carbons (Fsp3) is 0.235. The maximum absolute atomic E-state index is 13.4. The molecule has 0 unspecified atom stereocenters. The number of rotatable bonds is 5. The van der Waals surface area contributed by atoms with Crippen LogP contribution in [0.25, 0.3) is 11.5 Å². The summed E-state index contributed by atoms with van der Waals surface area (Å²) in [5.41, 5.74) is 1.15. The summed E-state index contributed by atoms with van der Waals surface area (Å²) < 4.78 is 18.6. The molecular formula is C17H18FN5O. The van der Waals surface area contributed by atoms with Gasteiger partial charge in [-0.3, -0.25) is 0 Å². The smallest absolute Gasteiger partial charge is 0.191 e. The average molecular weight is 327 g/mol. The predicted molar refractivity (Wildman–Crippen MR) is 90.7 cm³/mol. The minimum absolute atomic E-state index is 0.203. The van der Waals surface area contributed by atoms with Crippen LogP contribution in [0.1, 0.15) is 19.7 Å². The van der Waals surface area contributed by atoms with Crippen molar-refractivity contribution in [1.82, 2.24) is 15.0 Å². The maximum atomic E-state index is 13.4. The van der Waals surface area contributed by atoms with Crippen molar-refractivity contribution < 1.29 is 8.81 Å². The van der Waals surface area contributed by atoms with Crippen LogP contribution in [0.2, 0.25) is 0 Å². The maximum Gasteiger partial charge on any atom is 0.191 e. The van der Waals surface area contributed by atoms with Crippen LogP contribution in [0, 0.1) is 12.7 Å². The van der Waals surface area contributed by atoms with Gasteiger partial charge in [-0.15, -0.1) is 0 Å². The van der Waals surface area contributed by atoms with Gasteiger partial charge in [-0.05, 0) is 32.0 Å². The third kappa shape index (κ3) is 3.87. The molecule has 3 rings (SSSR count). The molecule has 0 spiro atoms. The number of nitrogens with zero attached hydrogens (tertiary/aromatic N) is 3. The van der Waals surface area contributed by atoms with Gasteiger partial charge in [-0.25, -0.2) is 19.3 Å². The fourth-order valence-corrected chi connectivity index (χ4v) is 2.18. The van der Waals surface area contributed by atoms with E-state index in [1.54, 1.807) is 25.1 Å². The first-order valence-electron chi connectivity index (χ1n) is 7.60. The summed E-state index contributed by atoms with van der Waals surface area (Å²) in [6.45, 7) is 5.79. The normalized spacial score (nSPS) is 10.9. The third-order valence-electron chi connectivity index (χ3n) is 3.11. The van der Waals surface area contributed by atoms with Gasteiger partial charge in [-0.1, -0.05) is 6.07 Å². The van der Waals surface area contributed by atoms with E-state index in [1.165, 1.54) is 18.4 Å². The molecule has 0 saturated heterocycles. The highest BCUT2D eigenvalue weighted by Crippen LogP contribution is 2.23. The summed E-state index contributed by atoms with van der Waals surface area (Å²) >= 11 is 0. The minimum Gasteiger partial charge on any atom is -0.449 e. The molecule has 2 heterocycles. The lowest BCUT2D eigenvalue weighted by atomic mass is 10.3. The lowest BCUT2D eigenvalue weighted by Crippen LogP contribution is -2.12. The molecule has 3 aromatic rings. The number of aromatic nitrogens is 3. The minimum atomic E-state index is -0.318. The summed E-state index contributed by atoms with van der Waals surface area (Å²) in [7, 11) is 0. The third-order valence-corrected chi connectivity index (χ3v) is 3.11. The Morgan fingerprint density at radius 1 is 1.08 bits per heavy atom. The van der Waals surface area contributed by atoms with Crippen molar-refractivity contribution in [1.29, 1.82) is 0 Å². The van der Waals surface area contributed by atoms with Crippen molar-refractivity contribution in [2.24, 2.45) is 0 Å². The van der Waals surface area contributed by atoms with Crippen LogP contribution in [-0.4, -0.2) is 21.0 Å². The van der Waals surface area contributed by atoms with E-state index >= 15 is 0 Å². The highest BCUT2D eigenvalue weighted by atomic mass is 19.1. The molecule has 24 heavy (non-hydrogen) atoms. The second-order valence-corrected chi connectivity index (χ2v) is 5.65. The van der Waals surface area contributed by atoms with Crippen LogP contribution >= 0.6 is 0 Å². The summed E-state index contributed by atoms with van der Waals surface area (Å²) in [4.78, 5) is 13.2. The van der Waals surface area contributed by atoms with E-state index in [-0.39, 0.29) is 11.9 Å². The van der Waals surface area contributed by atoms with Gasteiger partial charge in [0.15, 0.2) is 11.7 Å². The van der Waals surface area contributed by atoms with Gasteiger partial charge in [0.2, 0.25) is 0 Å². The molecule has 2 N–H and O–H groups in total. The average Bonchev–Trinajstić information content (AvgIpc) is 2.93. The zero-order valence-electron chi connectivity index (χ0n) is 13.7. The van der Waals surface area contributed by atoms with Gasteiger partial charge in [0.25, 0.3) is 0 Å². The molecule has 0 bridgehead atoms. The topological polar surface area (TPSA) is 75.9 Å². The summed E-state index contributed by atoms with van der Waals surface area (Å²) in [6.07, 6.45) is 1.51. The number of aryl methyl sites for hydroxylation is 1. The van der Waals surface area contributed by atoms with Crippen LogP contribution in [0.5, 0.6) is 0 Å². The molecule has 0 atom stereocenters. The molecule has 0 saturated carbocycles. The second kappa shape index (κ2) is 6.66. The largest absolute Gasteiger partial charge is 0.449 e. The van der Waals surface area contributed by atoms with E-state index in [2.05, 4.69) is 25.6 Å². The molecule has 2 aromatic heterocycles. The van der Waals surface area contributed by atoms with Crippen LogP contribution in [0.3, 0.4) is 0 Å². The van der Waals surface area contributed by atoms with Crippen molar-refractivity contribution in [3.05, 3.63) is 48.3 Å². The number of hydrogen-bond donors (Lipinski definition) is 2. The molecule has 7 heteroatoms. The monoisotopic (exact) mass is 327 g/mol. The van der Waals surface area contributed by atoms with Crippen molar-refractivity contribution in [2.45, 2.75) is 26.8 Å². The Morgan fingerprint density at radius 2 is 1.88 bits per heavy atom. The highest BCUT2D eigenvalue weighted by molar-refractivity contribution is 5.63. The second-order valence-electron chi connectivity index (χ2n) is 5.65. The van der Waals surface area contributed by atoms with Gasteiger partial charge >= 0.3 is 0 Å². The lowest BCUT2D eigenvalue weighted by molar-refractivity contribution is 0.521. The Hall–Kier alpha value is -2.96. The van der Waals surface area contributed by atoms with Gasteiger partial charge < -0.3 is 15.1 Å². The van der Waals surface area contributed by atoms with Crippen molar-refractivity contribution >= 4 is 17.3 Å². The molecule has 0 amide bonds. The SMILES string of the molecule is Cc1nc(-c2nc(Nc3cccc(F)c3)cc(NC(C)C)n2)co1. The van der Waals surface area contributed by atoms with Gasteiger partial charge in [0, 0.05) is 24.7 Å². The Labute approximate surface area is 139 Å². The Bertz CT molecular complexity index is 847. The van der Waals surface area contributed by atoms with E-state index in [0.29, 0.717) is 34.7 Å². The number of benzene rings is 1. The number of nitrogens with one attached hydrogen (secondary N) is 2. The fourth-order valence-electron chi connectivity index (χ4n) is 2.18. The Kier molecular flexibility index (Phi) is 4.41. The van der Waals surface area contributed by atoms with E-state index in [9.17, 15) is 4.39 Å². The Balaban J connectivity index is 1.98. The van der Waals surface area contributed by atoms with Crippen LogP contribution in [-0.2, 0) is 0 Å². The summed E-state index contributed by atoms with van der Waals surface area (Å²) in [6, 6.07) is 8.16. The van der Waals surface area contributed by atoms with E-state index < -0.39 is 0 Å². The van der Waals surface area contributed by atoms with Crippen LogP contribution < -0.4 is 10.6 Å². The number of hydrogen-bond acceptors (Lipinski definition) is 6. The molecule has 0 aliphatic carbocycles. The number of oxazole rings is 1. The summed E-state index contributed by atoms with van der Waals surface area (Å²) in [5, 5.41) is 6.32. The highest BCUT2D eigenvalue weighted by Gasteiger charge is 2.11. The molecule has 0 fully saturated rings. The lowest BCUT2D eigenvalue weighted by Gasteiger charge is -2.12. The van der Waals surface area contributed by atoms with E-state index in [0.717, 1.165) is 0 Å². The van der Waals surface area contributed by atoms with Crippen molar-refractivity contribution in [2.75, 3.05) is 10.6 Å². The molecule has 124 valence electrons. The van der Waals surface area contributed by atoms with E-state index in [4.69, 9.17) is 4.42 Å². The van der Waals surface area contributed by atoms with Crippen LogP contribution in [0.15, 0.2) is 41.0 Å². The van der Waals surface area contributed by atoms with Crippen LogP contribution in [0.4, 0.5) is 21.7 Å². The zero-order valence-corrected chi connectivity index (χ0v) is 13.7. The van der Waals surface area contributed by atoms with Crippen molar-refractivity contribution in [3.63, 3.8) is 0 Å². The summed E-state index contributed by atoms with van der Waals surface area (Å²) in [5.74, 6) is 1.83. The van der Waals surface area contributed by atoms with Gasteiger partial charge in [0.05, 0.1) is 0 Å². The first-order valence-corrected chi connectivity index (χ1v) is 7.60. The Morgan fingerprint density at radius 3 is 2.54 bits per heavy atom. The molecule has 0 aliphatic heterocycles. The number of anilines is 3. The molecule has 0 radical (unpaired) electrons. The van der Waals surface area contributed by atoms with Gasteiger partial charge in [-0.2, -0.15) is 0 Å². The molecule has 1 aromatic carbocycles. The standard InChI is InChI=1S/C17H18FN5O/c1-10(2)19-15-8-16(21-13-6-4-5-12(18)7-13)23-17(22-15)14-9-24-11(3)20-14/h4-10H,1-3H3,(H2,19,21,22,23). The predicted octanol–water partition coefficient (Wildman–Crippen LogP) is 4.14. The first kappa shape index (κ1) is 15.9. The number of halogens is 1. The molecular weight excluding hydrogens is 309 g/mol. The zero-order chi connectivity index (χ0) is 17.1. The molecule has 0 aliphatic rings. The van der Waals surface area contributed by atoms with Gasteiger partial charge in [0.1, 0.15) is 29.4 Å². The molecule has 6 nitrogen and oxygen atoms in total. The first-order chi connectivity index (χ1) is 11.5. The van der Waals surface area contributed by atoms with E-state index in [1.807, 2.05) is 13.8 Å². The quantitative estimate of drug-likeness (QED) is 0.733.